The molecule has 0 radical (unpaired) electrons. The number of ether oxygens (including phenoxy) is 2. The van der Waals surface area contributed by atoms with Gasteiger partial charge in [-0.1, -0.05) is 6.92 Å². The van der Waals surface area contributed by atoms with Gasteiger partial charge in [-0.3, -0.25) is 0 Å². The van der Waals surface area contributed by atoms with Gasteiger partial charge in [-0.25, -0.2) is 19.7 Å². The molecule has 4 heterocycles. The Balaban J connectivity index is 1.40. The lowest BCUT2D eigenvalue weighted by molar-refractivity contribution is -0.0285. The van der Waals surface area contributed by atoms with E-state index in [1.807, 2.05) is 33.0 Å². The Hall–Kier alpha value is -3.26. The van der Waals surface area contributed by atoms with Crippen LogP contribution in [-0.4, -0.2) is 32.6 Å². The maximum absolute atomic E-state index is 12.6. The van der Waals surface area contributed by atoms with E-state index >= 15 is 0 Å². The van der Waals surface area contributed by atoms with Crippen molar-refractivity contribution in [3.63, 3.8) is 0 Å². The third-order valence-corrected chi connectivity index (χ3v) is 7.96. The van der Waals surface area contributed by atoms with Crippen LogP contribution in [0.25, 0.3) is 10.8 Å². The number of hydrogen-bond acceptors (Lipinski definition) is 8. The van der Waals surface area contributed by atoms with Gasteiger partial charge < -0.3 is 20.5 Å². The highest BCUT2D eigenvalue weighted by atomic mass is 16.6. The van der Waals surface area contributed by atoms with E-state index in [9.17, 15) is 4.79 Å². The molecule has 8 heteroatoms. The van der Waals surface area contributed by atoms with Crippen molar-refractivity contribution >= 4 is 28.4 Å². The van der Waals surface area contributed by atoms with E-state index in [1.54, 1.807) is 18.3 Å². The third kappa shape index (κ3) is 3.54. The standard InChI is InChI=1S/C27H31N5O3/c1-5-26(4,28)19-14-30-23(34-15-6-7-15)18-13-29-21(12-17(18)19)31-20-9-8-16-22(32-20)27(10-11-27)25(2,3)35-24(16)33/h8-9,12-15H,5-7,10-11,28H2,1-4H3,(H,29,31,32)/t26-/m0/s1. The van der Waals surface area contributed by atoms with Gasteiger partial charge in [-0.05, 0) is 82.0 Å². The molecule has 0 amide bonds. The summed E-state index contributed by atoms with van der Waals surface area (Å²) in [5, 5.41) is 5.16. The number of nitrogens with zero attached hydrogens (tertiary/aromatic N) is 3. The molecule has 8 nitrogen and oxygen atoms in total. The summed E-state index contributed by atoms with van der Waals surface area (Å²) in [5.74, 6) is 1.57. The smallest absolute Gasteiger partial charge is 0.340 e. The summed E-state index contributed by atoms with van der Waals surface area (Å²) in [6.45, 7) is 8.03. The van der Waals surface area contributed by atoms with Crippen molar-refractivity contribution in [3.05, 3.63) is 47.4 Å². The SMILES string of the molecule is CC[C@](C)(N)c1cnc(OC2CC2)c2cnc(Nc3ccc4c(n3)C3(CC3)C(C)(C)OC4=O)cc12. The van der Waals surface area contributed by atoms with Crippen molar-refractivity contribution < 1.29 is 14.3 Å². The first-order valence-electron chi connectivity index (χ1n) is 12.4. The first-order chi connectivity index (χ1) is 16.6. The summed E-state index contributed by atoms with van der Waals surface area (Å²) < 4.78 is 11.8. The summed E-state index contributed by atoms with van der Waals surface area (Å²) in [6, 6.07) is 5.59. The topological polar surface area (TPSA) is 112 Å². The van der Waals surface area contributed by atoms with Crippen LogP contribution < -0.4 is 15.8 Å². The van der Waals surface area contributed by atoms with Crippen LogP contribution in [0.1, 0.15) is 81.4 Å². The Labute approximate surface area is 204 Å². The number of carbonyl (C=O) groups is 1. The Morgan fingerprint density at radius 2 is 1.94 bits per heavy atom. The molecule has 1 spiro atoms. The predicted octanol–water partition coefficient (Wildman–Crippen LogP) is 4.87. The zero-order valence-corrected chi connectivity index (χ0v) is 20.6. The van der Waals surface area contributed by atoms with Crippen LogP contribution in [0.4, 0.5) is 11.6 Å². The summed E-state index contributed by atoms with van der Waals surface area (Å²) in [5.41, 5.74) is 7.62. The monoisotopic (exact) mass is 473 g/mol. The molecule has 3 aromatic heterocycles. The van der Waals surface area contributed by atoms with E-state index in [0.29, 0.717) is 23.1 Å². The van der Waals surface area contributed by atoms with Crippen molar-refractivity contribution in [2.45, 2.75) is 82.5 Å². The van der Waals surface area contributed by atoms with E-state index in [1.165, 1.54) is 0 Å². The molecule has 0 saturated heterocycles. The quantitative estimate of drug-likeness (QED) is 0.488. The summed E-state index contributed by atoms with van der Waals surface area (Å²) in [7, 11) is 0. The third-order valence-electron chi connectivity index (χ3n) is 7.96. The molecule has 2 fully saturated rings. The van der Waals surface area contributed by atoms with Gasteiger partial charge in [0.25, 0.3) is 0 Å². The molecule has 0 aromatic carbocycles. The Morgan fingerprint density at radius 1 is 1.17 bits per heavy atom. The number of hydrogen-bond donors (Lipinski definition) is 2. The number of esters is 1. The van der Waals surface area contributed by atoms with Gasteiger partial charge in [-0.15, -0.1) is 0 Å². The van der Waals surface area contributed by atoms with Crippen molar-refractivity contribution in [3.8, 4) is 5.88 Å². The van der Waals surface area contributed by atoms with E-state index in [0.717, 1.165) is 54.1 Å². The zero-order valence-electron chi connectivity index (χ0n) is 20.6. The fourth-order valence-electron chi connectivity index (χ4n) is 5.09. The van der Waals surface area contributed by atoms with Crippen LogP contribution in [0.2, 0.25) is 0 Å². The van der Waals surface area contributed by atoms with E-state index < -0.39 is 11.1 Å². The van der Waals surface area contributed by atoms with E-state index in [4.69, 9.17) is 20.2 Å². The lowest BCUT2D eigenvalue weighted by Gasteiger charge is -2.39. The van der Waals surface area contributed by atoms with Gasteiger partial charge in [0.15, 0.2) is 0 Å². The lowest BCUT2D eigenvalue weighted by Crippen LogP contribution is -2.46. The number of aromatic nitrogens is 3. The molecule has 35 heavy (non-hydrogen) atoms. The highest BCUT2D eigenvalue weighted by Crippen LogP contribution is 2.59. The largest absolute Gasteiger partial charge is 0.474 e. The number of fused-ring (bicyclic) bond motifs is 3. The Morgan fingerprint density at radius 3 is 2.63 bits per heavy atom. The van der Waals surface area contributed by atoms with Crippen molar-refractivity contribution in [1.29, 1.82) is 0 Å². The number of nitrogens with one attached hydrogen (secondary N) is 1. The normalized spacial score (nSPS) is 21.2. The van der Waals surface area contributed by atoms with Crippen molar-refractivity contribution in [2.24, 2.45) is 5.73 Å². The molecule has 0 unspecified atom stereocenters. The minimum Gasteiger partial charge on any atom is -0.474 e. The summed E-state index contributed by atoms with van der Waals surface area (Å²) >= 11 is 0. The number of anilines is 2. The molecule has 3 N–H and O–H groups in total. The molecule has 0 bridgehead atoms. The molecule has 1 aliphatic heterocycles. The number of rotatable bonds is 6. The molecule has 6 rings (SSSR count). The fraction of sp³-hybridized carbons (Fsp3) is 0.481. The van der Waals surface area contributed by atoms with Crippen molar-refractivity contribution in [2.75, 3.05) is 5.32 Å². The second kappa shape index (κ2) is 7.37. The van der Waals surface area contributed by atoms with Crippen LogP contribution >= 0.6 is 0 Å². The Kier molecular flexibility index (Phi) is 4.68. The highest BCUT2D eigenvalue weighted by Gasteiger charge is 2.63. The van der Waals surface area contributed by atoms with Crippen molar-refractivity contribution in [1.82, 2.24) is 15.0 Å². The van der Waals surface area contributed by atoms with Gasteiger partial charge in [0, 0.05) is 17.9 Å². The van der Waals surface area contributed by atoms with Crippen LogP contribution in [0.3, 0.4) is 0 Å². The van der Waals surface area contributed by atoms with Crippen LogP contribution in [-0.2, 0) is 15.7 Å². The van der Waals surface area contributed by atoms with Gasteiger partial charge in [-0.2, -0.15) is 0 Å². The average Bonchev–Trinajstić information content (AvgIpc) is 3.73. The fourth-order valence-corrected chi connectivity index (χ4v) is 5.09. The minimum atomic E-state index is -0.574. The Bertz CT molecular complexity index is 1360. The highest BCUT2D eigenvalue weighted by molar-refractivity contribution is 5.94. The molecule has 1 atom stereocenters. The number of cyclic esters (lactones) is 1. The van der Waals surface area contributed by atoms with E-state index in [2.05, 4.69) is 22.2 Å². The second-order valence-electron chi connectivity index (χ2n) is 10.9. The van der Waals surface area contributed by atoms with Gasteiger partial charge in [0.1, 0.15) is 23.3 Å². The van der Waals surface area contributed by atoms with Crippen LogP contribution in [0.15, 0.2) is 30.6 Å². The van der Waals surface area contributed by atoms with Crippen LogP contribution in [0, 0.1) is 0 Å². The van der Waals surface area contributed by atoms with Gasteiger partial charge in [0.05, 0.1) is 22.1 Å². The van der Waals surface area contributed by atoms with E-state index in [-0.39, 0.29) is 17.5 Å². The first-order valence-corrected chi connectivity index (χ1v) is 12.4. The molecular weight excluding hydrogens is 442 g/mol. The predicted molar refractivity (Wildman–Crippen MR) is 133 cm³/mol. The summed E-state index contributed by atoms with van der Waals surface area (Å²) in [6.07, 6.45) is 8.63. The minimum absolute atomic E-state index is 0.221. The maximum Gasteiger partial charge on any atom is 0.340 e. The molecule has 2 aliphatic carbocycles. The number of nitrogens with two attached hydrogens (primary N) is 1. The average molecular weight is 474 g/mol. The zero-order chi connectivity index (χ0) is 24.6. The molecule has 3 aliphatic rings. The maximum atomic E-state index is 12.6. The number of pyridine rings is 3. The lowest BCUT2D eigenvalue weighted by atomic mass is 9.80. The number of carbonyl (C=O) groups excluding carboxylic acids is 1. The summed E-state index contributed by atoms with van der Waals surface area (Å²) in [4.78, 5) is 26.7. The first kappa shape index (κ1) is 22.2. The van der Waals surface area contributed by atoms with Crippen LogP contribution in [0.5, 0.6) is 5.88 Å². The van der Waals surface area contributed by atoms with Gasteiger partial charge in [0.2, 0.25) is 5.88 Å². The molecule has 182 valence electrons. The molecule has 3 aromatic rings. The second-order valence-corrected chi connectivity index (χ2v) is 10.9. The molecule has 2 saturated carbocycles. The van der Waals surface area contributed by atoms with Gasteiger partial charge >= 0.3 is 5.97 Å². The molecular formula is C27H31N5O3.